The van der Waals surface area contributed by atoms with Crippen molar-refractivity contribution in [2.45, 2.75) is 24.2 Å². The van der Waals surface area contributed by atoms with Gasteiger partial charge in [-0.05, 0) is 37.5 Å². The molecule has 1 aromatic rings. The highest BCUT2D eigenvalue weighted by molar-refractivity contribution is 7.86. The first-order valence-corrected chi connectivity index (χ1v) is 7.10. The lowest BCUT2D eigenvalue weighted by Gasteiger charge is -2.24. The number of benzene rings is 1. The maximum Gasteiger partial charge on any atom is 0.313 e. The summed E-state index contributed by atoms with van der Waals surface area (Å²) in [4.78, 5) is 0.163. The standard InChI is InChI=1S/C12H16NO3S/c1-11-6-5-7-12(10-11)17(14,15)16-13-8-3-2-4-9-13/h5-7,10H,1-4,8-9H2. The van der Waals surface area contributed by atoms with Crippen molar-refractivity contribution in [3.8, 4) is 0 Å². The summed E-state index contributed by atoms with van der Waals surface area (Å²) in [7, 11) is -3.70. The van der Waals surface area contributed by atoms with E-state index in [9.17, 15) is 8.42 Å². The van der Waals surface area contributed by atoms with Gasteiger partial charge in [0.2, 0.25) is 0 Å². The quantitative estimate of drug-likeness (QED) is 0.827. The summed E-state index contributed by atoms with van der Waals surface area (Å²) in [6.45, 7) is 5.05. The van der Waals surface area contributed by atoms with Gasteiger partial charge in [-0.1, -0.05) is 18.6 Å². The third-order valence-corrected chi connectivity index (χ3v) is 3.94. The number of rotatable bonds is 3. The molecule has 1 fully saturated rings. The van der Waals surface area contributed by atoms with Gasteiger partial charge in [-0.3, -0.25) is 0 Å². The lowest BCUT2D eigenvalue weighted by Crippen LogP contribution is -2.32. The number of hydroxylamine groups is 2. The van der Waals surface area contributed by atoms with E-state index >= 15 is 0 Å². The molecule has 17 heavy (non-hydrogen) atoms. The van der Waals surface area contributed by atoms with E-state index in [1.54, 1.807) is 12.1 Å². The fourth-order valence-electron chi connectivity index (χ4n) is 1.82. The number of hydrogen-bond acceptors (Lipinski definition) is 4. The lowest BCUT2D eigenvalue weighted by molar-refractivity contribution is -0.0654. The average Bonchev–Trinajstić information content (AvgIpc) is 2.30. The SMILES string of the molecule is [CH2]c1cccc(S(=O)(=O)ON2CCCCC2)c1. The molecule has 1 heterocycles. The molecule has 93 valence electrons. The molecular weight excluding hydrogens is 238 g/mol. The van der Waals surface area contributed by atoms with Crippen molar-refractivity contribution in [3.63, 3.8) is 0 Å². The van der Waals surface area contributed by atoms with Crippen molar-refractivity contribution in [3.05, 3.63) is 36.8 Å². The van der Waals surface area contributed by atoms with Crippen LogP contribution in [0.15, 0.2) is 29.2 Å². The van der Waals surface area contributed by atoms with E-state index in [2.05, 4.69) is 6.92 Å². The summed E-state index contributed by atoms with van der Waals surface area (Å²) in [5.74, 6) is 0. The second-order valence-electron chi connectivity index (χ2n) is 4.17. The van der Waals surface area contributed by atoms with Crippen LogP contribution in [-0.2, 0) is 14.4 Å². The molecular formula is C12H16NO3S. The minimum absolute atomic E-state index is 0.163. The van der Waals surface area contributed by atoms with Crippen LogP contribution in [0.4, 0.5) is 0 Å². The van der Waals surface area contributed by atoms with Gasteiger partial charge in [0, 0.05) is 13.1 Å². The van der Waals surface area contributed by atoms with Crippen LogP contribution >= 0.6 is 0 Å². The van der Waals surface area contributed by atoms with Gasteiger partial charge in [-0.15, -0.1) is 0 Å². The van der Waals surface area contributed by atoms with Gasteiger partial charge >= 0.3 is 10.1 Å². The Labute approximate surface area is 102 Å². The monoisotopic (exact) mass is 254 g/mol. The van der Waals surface area contributed by atoms with Crippen LogP contribution in [0.3, 0.4) is 0 Å². The molecule has 0 saturated carbocycles. The Morgan fingerprint density at radius 1 is 1.18 bits per heavy atom. The Morgan fingerprint density at radius 2 is 1.88 bits per heavy atom. The molecule has 1 saturated heterocycles. The molecule has 0 atom stereocenters. The van der Waals surface area contributed by atoms with E-state index < -0.39 is 10.1 Å². The van der Waals surface area contributed by atoms with Crippen LogP contribution < -0.4 is 0 Å². The topological polar surface area (TPSA) is 46.6 Å². The number of nitrogens with zero attached hydrogens (tertiary/aromatic N) is 1. The maximum atomic E-state index is 12.0. The summed E-state index contributed by atoms with van der Waals surface area (Å²) in [5.41, 5.74) is 0.660. The molecule has 0 aromatic heterocycles. The summed E-state index contributed by atoms with van der Waals surface area (Å²) >= 11 is 0. The zero-order chi connectivity index (χ0) is 12.3. The zero-order valence-corrected chi connectivity index (χ0v) is 10.4. The van der Waals surface area contributed by atoms with E-state index in [4.69, 9.17) is 4.28 Å². The third kappa shape index (κ3) is 3.28. The van der Waals surface area contributed by atoms with Gasteiger partial charge < -0.3 is 0 Å². The van der Waals surface area contributed by atoms with Crippen LogP contribution in [0.1, 0.15) is 24.8 Å². The van der Waals surface area contributed by atoms with Crippen molar-refractivity contribution >= 4 is 10.1 Å². The fourth-order valence-corrected chi connectivity index (χ4v) is 2.88. The van der Waals surface area contributed by atoms with Gasteiger partial charge in [0.15, 0.2) is 0 Å². The Morgan fingerprint density at radius 3 is 2.53 bits per heavy atom. The van der Waals surface area contributed by atoms with E-state index in [0.717, 1.165) is 19.3 Å². The van der Waals surface area contributed by atoms with Gasteiger partial charge in [0.05, 0.1) is 4.90 Å². The van der Waals surface area contributed by atoms with Gasteiger partial charge in [0.1, 0.15) is 0 Å². The molecule has 0 amide bonds. The highest BCUT2D eigenvalue weighted by Gasteiger charge is 2.21. The molecule has 0 spiro atoms. The molecule has 5 heteroatoms. The Hall–Kier alpha value is -0.910. The van der Waals surface area contributed by atoms with E-state index in [1.165, 1.54) is 17.2 Å². The minimum atomic E-state index is -3.70. The average molecular weight is 254 g/mol. The molecule has 2 rings (SSSR count). The van der Waals surface area contributed by atoms with E-state index in [1.807, 2.05) is 0 Å². The first-order valence-electron chi connectivity index (χ1n) is 5.69. The molecule has 1 aliphatic heterocycles. The molecule has 1 radical (unpaired) electrons. The summed E-state index contributed by atoms with van der Waals surface area (Å²) < 4.78 is 29.0. The second-order valence-corrected chi connectivity index (χ2v) is 5.69. The third-order valence-electron chi connectivity index (χ3n) is 2.71. The van der Waals surface area contributed by atoms with Crippen LogP contribution in [0.2, 0.25) is 0 Å². The Bertz CT molecular complexity index is 478. The first-order chi connectivity index (χ1) is 8.08. The lowest BCUT2D eigenvalue weighted by atomic mass is 10.2. The maximum absolute atomic E-state index is 12.0. The van der Waals surface area contributed by atoms with Gasteiger partial charge in [-0.25, -0.2) is 0 Å². The van der Waals surface area contributed by atoms with Crippen LogP contribution in [0.5, 0.6) is 0 Å². The predicted molar refractivity (Wildman–Crippen MR) is 64.6 cm³/mol. The van der Waals surface area contributed by atoms with Gasteiger partial charge in [-0.2, -0.15) is 17.8 Å². The minimum Gasteiger partial charge on any atom is -0.192 e. The second kappa shape index (κ2) is 5.16. The first kappa shape index (κ1) is 12.5. The van der Waals surface area contributed by atoms with Gasteiger partial charge in [0.25, 0.3) is 0 Å². The smallest absolute Gasteiger partial charge is 0.192 e. The van der Waals surface area contributed by atoms with E-state index in [-0.39, 0.29) is 4.90 Å². The van der Waals surface area contributed by atoms with Crippen LogP contribution in [-0.4, -0.2) is 26.6 Å². The summed E-state index contributed by atoms with van der Waals surface area (Å²) in [5, 5.41) is 1.52. The molecule has 4 nitrogen and oxygen atoms in total. The van der Waals surface area contributed by atoms with Crippen molar-refractivity contribution in [2.24, 2.45) is 0 Å². The highest BCUT2D eigenvalue weighted by atomic mass is 32.2. The van der Waals surface area contributed by atoms with E-state index in [0.29, 0.717) is 18.7 Å². The number of piperidine rings is 1. The largest absolute Gasteiger partial charge is 0.313 e. The molecule has 0 aliphatic carbocycles. The normalized spacial score (nSPS) is 18.2. The molecule has 1 aromatic carbocycles. The summed E-state index contributed by atoms with van der Waals surface area (Å²) in [6, 6.07) is 6.45. The Kier molecular flexibility index (Phi) is 3.81. The van der Waals surface area contributed by atoms with Crippen molar-refractivity contribution in [1.29, 1.82) is 0 Å². The van der Waals surface area contributed by atoms with Crippen LogP contribution in [0.25, 0.3) is 0 Å². The molecule has 1 aliphatic rings. The fraction of sp³-hybridized carbons (Fsp3) is 0.417. The van der Waals surface area contributed by atoms with Crippen molar-refractivity contribution in [1.82, 2.24) is 5.06 Å². The Balaban J connectivity index is 2.13. The highest BCUT2D eigenvalue weighted by Crippen LogP contribution is 2.18. The van der Waals surface area contributed by atoms with Crippen molar-refractivity contribution in [2.75, 3.05) is 13.1 Å². The molecule has 0 bridgehead atoms. The zero-order valence-electron chi connectivity index (χ0n) is 9.63. The molecule has 0 N–H and O–H groups in total. The summed E-state index contributed by atoms with van der Waals surface area (Å²) in [6.07, 6.45) is 3.09. The van der Waals surface area contributed by atoms with Crippen molar-refractivity contribution < 1.29 is 12.7 Å². The molecule has 0 unspecified atom stereocenters. The van der Waals surface area contributed by atoms with Crippen LogP contribution in [0, 0.1) is 6.92 Å². The predicted octanol–water partition coefficient (Wildman–Crippen LogP) is 1.97. The number of hydrogen-bond donors (Lipinski definition) is 0.